The van der Waals surface area contributed by atoms with E-state index in [1.165, 1.54) is 77.8 Å². The molecule has 2 rings (SSSR count). The van der Waals surface area contributed by atoms with Crippen LogP contribution in [-0.2, 0) is 0 Å². The van der Waals surface area contributed by atoms with E-state index in [1.54, 1.807) is 0 Å². The molecule has 0 atom stereocenters. The predicted octanol–water partition coefficient (Wildman–Crippen LogP) is 2.07. The molecule has 0 saturated carbocycles. The Morgan fingerprint density at radius 1 is 0.545 bits per heavy atom. The van der Waals surface area contributed by atoms with Gasteiger partial charge in [-0.25, -0.2) is 0 Å². The van der Waals surface area contributed by atoms with Crippen LogP contribution in [-0.4, -0.2) is 100 Å². The molecule has 0 unspecified atom stereocenters. The number of hydrogen-bond acceptors (Lipinski definition) is 4. The van der Waals surface area contributed by atoms with Crippen LogP contribution in [0, 0.1) is 0 Å². The van der Waals surface area contributed by atoms with Gasteiger partial charge in [-0.15, -0.1) is 0 Å². The van der Waals surface area contributed by atoms with E-state index in [0.29, 0.717) is 0 Å². The van der Waals surface area contributed by atoms with Gasteiger partial charge in [-0.3, -0.25) is 0 Å². The Labute approximate surface area is 139 Å². The molecule has 132 valence electrons. The van der Waals surface area contributed by atoms with Crippen LogP contribution in [0.15, 0.2) is 0 Å². The number of nitrogens with zero attached hydrogens (tertiary/aromatic N) is 4. The Kier molecular flexibility index (Phi) is 11.1. The van der Waals surface area contributed by atoms with Crippen LogP contribution < -0.4 is 0 Å². The first-order valence-corrected chi connectivity index (χ1v) is 9.32. The van der Waals surface area contributed by atoms with Gasteiger partial charge in [0.1, 0.15) is 0 Å². The zero-order chi connectivity index (χ0) is 16.2. The molecule has 0 spiro atoms. The molecule has 4 heteroatoms. The summed E-state index contributed by atoms with van der Waals surface area (Å²) in [5.74, 6) is 0. The number of likely N-dealkylation sites (N-methyl/N-ethyl adjacent to an activating group) is 2. The van der Waals surface area contributed by atoms with Gasteiger partial charge in [0.25, 0.3) is 0 Å². The van der Waals surface area contributed by atoms with Crippen LogP contribution in [0.2, 0.25) is 0 Å². The van der Waals surface area contributed by atoms with E-state index in [4.69, 9.17) is 0 Å². The number of hydrogen-bond donors (Lipinski definition) is 0. The molecule has 2 saturated heterocycles. The van der Waals surface area contributed by atoms with Crippen molar-refractivity contribution >= 4 is 0 Å². The van der Waals surface area contributed by atoms with Crippen LogP contribution in [0.3, 0.4) is 0 Å². The first-order chi connectivity index (χ1) is 10.6. The van der Waals surface area contributed by atoms with Gasteiger partial charge in [0.05, 0.1) is 0 Å². The molecule has 0 aliphatic carbocycles. The van der Waals surface area contributed by atoms with Crippen LogP contribution in [0.25, 0.3) is 0 Å². The molecule has 2 fully saturated rings. The third-order valence-electron chi connectivity index (χ3n) is 4.62. The minimum atomic E-state index is 1.15. The van der Waals surface area contributed by atoms with Crippen LogP contribution in [0.5, 0.6) is 0 Å². The van der Waals surface area contributed by atoms with Crippen molar-refractivity contribution < 1.29 is 0 Å². The van der Waals surface area contributed by atoms with Gasteiger partial charge in [0, 0.05) is 26.2 Å². The largest absolute Gasteiger partial charge is 0.308 e. The first kappa shape index (κ1) is 19.9. The Bertz CT molecular complexity index is 217. The molecule has 22 heavy (non-hydrogen) atoms. The van der Waals surface area contributed by atoms with Crippen molar-refractivity contribution in [3.05, 3.63) is 0 Å². The summed E-state index contributed by atoms with van der Waals surface area (Å²) in [5, 5.41) is 0. The highest BCUT2D eigenvalue weighted by atomic mass is 15.2. The average Bonchev–Trinajstić information content (AvgIpc) is 2.54. The van der Waals surface area contributed by atoms with Gasteiger partial charge >= 0.3 is 0 Å². The van der Waals surface area contributed by atoms with Crippen molar-refractivity contribution in [1.82, 2.24) is 19.6 Å². The first-order valence-electron chi connectivity index (χ1n) is 9.32. The van der Waals surface area contributed by atoms with Gasteiger partial charge < -0.3 is 19.6 Å². The molecule has 0 aromatic rings. The topological polar surface area (TPSA) is 13.0 Å². The average molecular weight is 313 g/mol. The van der Waals surface area contributed by atoms with E-state index < -0.39 is 0 Å². The highest BCUT2D eigenvalue weighted by molar-refractivity contribution is 4.69. The van der Waals surface area contributed by atoms with Crippen molar-refractivity contribution in [3.8, 4) is 0 Å². The molecular weight excluding hydrogens is 272 g/mol. The normalized spacial score (nSPS) is 21.0. The molecule has 0 aromatic heterocycles. The standard InChI is InChI=1S/C12H24N2.C6H16N2/c1-3-7-13(8-4-1)11-12-14-9-5-2-6-10-14;1-7(2)5-6-8(3)4/h1-12H2;5-6H2,1-4H3. The maximum Gasteiger partial charge on any atom is 0.0109 e. The fourth-order valence-electron chi connectivity index (χ4n) is 3.05. The summed E-state index contributed by atoms with van der Waals surface area (Å²) in [4.78, 5) is 9.66. The van der Waals surface area contributed by atoms with E-state index in [0.717, 1.165) is 13.1 Å². The summed E-state index contributed by atoms with van der Waals surface area (Å²) in [5.41, 5.74) is 0. The van der Waals surface area contributed by atoms with E-state index in [9.17, 15) is 0 Å². The zero-order valence-corrected chi connectivity index (χ0v) is 15.7. The summed E-state index contributed by atoms with van der Waals surface area (Å²) >= 11 is 0. The van der Waals surface area contributed by atoms with Crippen molar-refractivity contribution in [1.29, 1.82) is 0 Å². The lowest BCUT2D eigenvalue weighted by atomic mass is 10.1. The second-order valence-corrected chi connectivity index (χ2v) is 7.41. The van der Waals surface area contributed by atoms with Gasteiger partial charge in [-0.2, -0.15) is 0 Å². The lowest BCUT2D eigenvalue weighted by molar-refractivity contribution is 0.166. The molecule has 2 aliphatic rings. The van der Waals surface area contributed by atoms with E-state index >= 15 is 0 Å². The SMILES string of the molecule is C1CCN(CCN2CCCCC2)CC1.CN(C)CCN(C)C. The Balaban J connectivity index is 0.000000261. The number of likely N-dealkylation sites (tertiary alicyclic amines) is 2. The van der Waals surface area contributed by atoms with Crippen LogP contribution >= 0.6 is 0 Å². The van der Waals surface area contributed by atoms with Gasteiger partial charge in [0.15, 0.2) is 0 Å². The minimum Gasteiger partial charge on any atom is -0.308 e. The molecular formula is C18H40N4. The molecule has 0 N–H and O–H groups in total. The second-order valence-electron chi connectivity index (χ2n) is 7.41. The minimum absolute atomic E-state index is 1.15. The smallest absolute Gasteiger partial charge is 0.0109 e. The monoisotopic (exact) mass is 312 g/mol. The van der Waals surface area contributed by atoms with Gasteiger partial charge in [-0.05, 0) is 80.1 Å². The van der Waals surface area contributed by atoms with Crippen molar-refractivity contribution in [2.24, 2.45) is 0 Å². The summed E-state index contributed by atoms with van der Waals surface area (Å²) < 4.78 is 0. The molecule has 2 heterocycles. The van der Waals surface area contributed by atoms with Crippen molar-refractivity contribution in [2.45, 2.75) is 38.5 Å². The number of piperidine rings is 2. The summed E-state index contributed by atoms with van der Waals surface area (Å²) in [6, 6.07) is 0. The predicted molar refractivity (Wildman–Crippen MR) is 97.7 cm³/mol. The van der Waals surface area contributed by atoms with E-state index in [2.05, 4.69) is 47.8 Å². The lowest BCUT2D eigenvalue weighted by Gasteiger charge is -2.31. The summed E-state index contributed by atoms with van der Waals surface area (Å²) in [6.45, 7) is 10.4. The van der Waals surface area contributed by atoms with Gasteiger partial charge in [-0.1, -0.05) is 12.8 Å². The van der Waals surface area contributed by atoms with E-state index in [-0.39, 0.29) is 0 Å². The van der Waals surface area contributed by atoms with Crippen LogP contribution in [0.1, 0.15) is 38.5 Å². The highest BCUT2D eigenvalue weighted by Crippen LogP contribution is 2.11. The quantitative estimate of drug-likeness (QED) is 0.744. The summed E-state index contributed by atoms with van der Waals surface area (Å²) in [7, 11) is 8.35. The third kappa shape index (κ3) is 10.5. The molecule has 0 aromatic carbocycles. The molecule has 2 aliphatic heterocycles. The van der Waals surface area contributed by atoms with Crippen LogP contribution in [0.4, 0.5) is 0 Å². The number of rotatable bonds is 6. The second kappa shape index (κ2) is 12.3. The lowest BCUT2D eigenvalue weighted by Crippen LogP contribution is -2.39. The Morgan fingerprint density at radius 2 is 0.864 bits per heavy atom. The molecule has 0 bridgehead atoms. The van der Waals surface area contributed by atoms with Crippen molar-refractivity contribution in [3.63, 3.8) is 0 Å². The maximum absolute atomic E-state index is 2.65. The molecule has 4 nitrogen and oxygen atoms in total. The zero-order valence-electron chi connectivity index (χ0n) is 15.7. The summed E-state index contributed by atoms with van der Waals surface area (Å²) in [6.07, 6.45) is 8.64. The fourth-order valence-corrected chi connectivity index (χ4v) is 3.05. The highest BCUT2D eigenvalue weighted by Gasteiger charge is 2.13. The third-order valence-corrected chi connectivity index (χ3v) is 4.62. The van der Waals surface area contributed by atoms with E-state index in [1.807, 2.05) is 0 Å². The molecule has 0 amide bonds. The molecule has 0 radical (unpaired) electrons. The Hall–Kier alpha value is -0.160. The maximum atomic E-state index is 2.65. The van der Waals surface area contributed by atoms with Crippen molar-refractivity contribution in [2.75, 3.05) is 80.5 Å². The van der Waals surface area contributed by atoms with Gasteiger partial charge in [0.2, 0.25) is 0 Å². The fraction of sp³-hybridized carbons (Fsp3) is 1.00. The Morgan fingerprint density at radius 3 is 1.14 bits per heavy atom.